The molecule has 58 valence electrons. The zero-order chi connectivity index (χ0) is 6.08. The molecule has 0 rings (SSSR count). The normalized spacial score (nSPS) is 8.89. The van der Waals surface area contributed by atoms with Gasteiger partial charge in [0.15, 0.2) is 0 Å². The van der Waals surface area contributed by atoms with Crippen LogP contribution in [0.2, 0.25) is 0 Å². The molecule has 0 bridgehead atoms. The Hall–Kier alpha value is -0.120. The fourth-order valence-electron chi connectivity index (χ4n) is 0. The smallest absolute Gasteiger partial charge is 0.149 e. The number of rotatable bonds is 1. The van der Waals surface area contributed by atoms with Gasteiger partial charge < -0.3 is 11.9 Å². The molecule has 0 aromatic carbocycles. The minimum absolute atomic E-state index is 0. The van der Waals surface area contributed by atoms with Crippen LogP contribution in [0.1, 0.15) is 20.8 Å². The number of nitrogens with two attached hydrogens (primary N) is 1. The van der Waals surface area contributed by atoms with Gasteiger partial charge in [0.25, 0.3) is 0 Å². The largest absolute Gasteiger partial charge is 0.344 e. The van der Waals surface area contributed by atoms with E-state index in [1.807, 2.05) is 0 Å². The molecule has 0 aliphatic heterocycles. The molecule has 0 amide bonds. The average molecular weight is 155 g/mol. The molecule has 4 heteroatoms. The van der Waals surface area contributed by atoms with Crippen LogP contribution >= 0.6 is 12.4 Å². The van der Waals surface area contributed by atoms with Crippen LogP contribution < -0.4 is 11.9 Å². The summed E-state index contributed by atoms with van der Waals surface area (Å²) in [5, 5.41) is 0. The fourth-order valence-corrected chi connectivity index (χ4v) is 0. The number of hydrogen-bond acceptors (Lipinski definition) is 3. The quantitative estimate of drug-likeness (QED) is 0.589. The third-order valence-electron chi connectivity index (χ3n) is 0.907. The summed E-state index contributed by atoms with van der Waals surface area (Å²) in [7, 11) is 0. The van der Waals surface area contributed by atoms with E-state index in [2.05, 4.69) is 0 Å². The van der Waals surface area contributed by atoms with Crippen LogP contribution in [-0.2, 0) is 4.79 Å². The second kappa shape index (κ2) is 4.73. The van der Waals surface area contributed by atoms with Gasteiger partial charge >= 0.3 is 0 Å². The SMILES string of the molecule is CC(=O)C(C)(C)N.Cl.N. The highest BCUT2D eigenvalue weighted by Gasteiger charge is 2.15. The lowest BCUT2D eigenvalue weighted by atomic mass is 10.0. The van der Waals surface area contributed by atoms with Crippen LogP contribution in [0, 0.1) is 0 Å². The summed E-state index contributed by atoms with van der Waals surface area (Å²) in [6, 6.07) is 0. The molecule has 0 atom stereocenters. The van der Waals surface area contributed by atoms with E-state index in [0.717, 1.165) is 0 Å². The third-order valence-corrected chi connectivity index (χ3v) is 0.907. The number of ketones is 1. The summed E-state index contributed by atoms with van der Waals surface area (Å²) >= 11 is 0. The van der Waals surface area contributed by atoms with E-state index >= 15 is 0 Å². The topological polar surface area (TPSA) is 78.1 Å². The molecular formula is C5H15ClN2O. The van der Waals surface area contributed by atoms with Gasteiger partial charge in [-0.1, -0.05) is 0 Å². The molecule has 5 N–H and O–H groups in total. The van der Waals surface area contributed by atoms with E-state index in [0.29, 0.717) is 0 Å². The van der Waals surface area contributed by atoms with Crippen LogP contribution in [0.5, 0.6) is 0 Å². The minimum atomic E-state index is -0.639. The number of carbonyl (C=O) groups is 1. The highest BCUT2D eigenvalue weighted by Crippen LogP contribution is 1.95. The average Bonchev–Trinajstić information content (AvgIpc) is 1.31. The predicted molar refractivity (Wildman–Crippen MR) is 41.2 cm³/mol. The number of hydrogen-bond donors (Lipinski definition) is 2. The zero-order valence-corrected chi connectivity index (χ0v) is 6.92. The standard InChI is InChI=1S/C5H11NO.ClH.H3N/c1-4(7)5(2,3)6;;/h6H2,1-3H3;1H;1H3. The Morgan fingerprint density at radius 1 is 1.44 bits per heavy atom. The first-order valence-electron chi connectivity index (χ1n) is 2.24. The van der Waals surface area contributed by atoms with Crippen molar-refractivity contribution >= 4 is 18.2 Å². The first-order valence-corrected chi connectivity index (χ1v) is 2.24. The lowest BCUT2D eigenvalue weighted by molar-refractivity contribution is -0.120. The maximum atomic E-state index is 10.3. The van der Waals surface area contributed by atoms with Gasteiger partial charge in [-0.05, 0) is 20.8 Å². The van der Waals surface area contributed by atoms with E-state index in [9.17, 15) is 4.79 Å². The van der Waals surface area contributed by atoms with Crippen molar-refractivity contribution in [3.8, 4) is 0 Å². The fraction of sp³-hybridized carbons (Fsp3) is 0.800. The molecule has 0 saturated carbocycles. The van der Waals surface area contributed by atoms with Crippen molar-refractivity contribution in [2.75, 3.05) is 0 Å². The van der Waals surface area contributed by atoms with Gasteiger partial charge in [-0.15, -0.1) is 12.4 Å². The van der Waals surface area contributed by atoms with Crippen LogP contribution in [-0.4, -0.2) is 11.3 Å². The molecule has 0 aromatic rings. The van der Waals surface area contributed by atoms with E-state index in [-0.39, 0.29) is 24.3 Å². The van der Waals surface area contributed by atoms with E-state index < -0.39 is 5.54 Å². The lowest BCUT2D eigenvalue weighted by Crippen LogP contribution is -2.39. The first kappa shape index (κ1) is 15.9. The van der Waals surface area contributed by atoms with Crippen LogP contribution in [0.3, 0.4) is 0 Å². The summed E-state index contributed by atoms with van der Waals surface area (Å²) in [6.45, 7) is 4.87. The number of Topliss-reactive ketones (excluding diaryl/α,β-unsaturated/α-hetero) is 1. The lowest BCUT2D eigenvalue weighted by Gasteiger charge is -2.11. The van der Waals surface area contributed by atoms with Crippen molar-refractivity contribution < 1.29 is 4.79 Å². The van der Waals surface area contributed by atoms with Crippen molar-refractivity contribution in [1.29, 1.82) is 0 Å². The first-order chi connectivity index (χ1) is 2.94. The molecule has 0 aliphatic carbocycles. The molecule has 0 spiro atoms. The van der Waals surface area contributed by atoms with Crippen molar-refractivity contribution in [3.05, 3.63) is 0 Å². The van der Waals surface area contributed by atoms with Crippen molar-refractivity contribution in [2.24, 2.45) is 5.73 Å². The van der Waals surface area contributed by atoms with E-state index in [4.69, 9.17) is 5.73 Å². The minimum Gasteiger partial charge on any atom is -0.344 e. The van der Waals surface area contributed by atoms with Gasteiger partial charge in [-0.25, -0.2) is 0 Å². The van der Waals surface area contributed by atoms with E-state index in [1.165, 1.54) is 6.92 Å². The Morgan fingerprint density at radius 2 is 1.56 bits per heavy atom. The molecule has 3 nitrogen and oxygen atoms in total. The van der Waals surface area contributed by atoms with Crippen molar-refractivity contribution in [1.82, 2.24) is 6.15 Å². The van der Waals surface area contributed by atoms with Gasteiger partial charge in [0.2, 0.25) is 0 Å². The molecule has 0 aliphatic rings. The summed E-state index contributed by atoms with van der Waals surface area (Å²) in [4.78, 5) is 10.3. The Labute approximate surface area is 62.0 Å². The summed E-state index contributed by atoms with van der Waals surface area (Å²) in [5.41, 5.74) is 4.69. The molecule has 0 unspecified atom stereocenters. The van der Waals surface area contributed by atoms with Gasteiger partial charge in [-0.3, -0.25) is 4.79 Å². The molecule has 9 heavy (non-hydrogen) atoms. The highest BCUT2D eigenvalue weighted by atomic mass is 35.5. The third kappa shape index (κ3) is 7.88. The molecule has 0 heterocycles. The van der Waals surface area contributed by atoms with Crippen LogP contribution in [0.15, 0.2) is 0 Å². The number of carbonyl (C=O) groups excluding carboxylic acids is 1. The monoisotopic (exact) mass is 154 g/mol. The van der Waals surface area contributed by atoms with Gasteiger partial charge in [-0.2, -0.15) is 0 Å². The summed E-state index contributed by atoms with van der Waals surface area (Å²) < 4.78 is 0. The Bertz CT molecular complexity index is 87.4. The van der Waals surface area contributed by atoms with Gasteiger partial charge in [0, 0.05) is 0 Å². The summed E-state index contributed by atoms with van der Waals surface area (Å²) in [5.74, 6) is 0.0208. The van der Waals surface area contributed by atoms with Gasteiger partial charge in [0.1, 0.15) is 5.78 Å². The van der Waals surface area contributed by atoms with Crippen molar-refractivity contribution in [3.63, 3.8) is 0 Å². The molecule has 0 saturated heterocycles. The Kier molecular flexibility index (Phi) is 8.38. The molecular weight excluding hydrogens is 140 g/mol. The molecule has 0 aromatic heterocycles. The Morgan fingerprint density at radius 3 is 1.56 bits per heavy atom. The second-order valence-corrected chi connectivity index (χ2v) is 2.28. The van der Waals surface area contributed by atoms with Gasteiger partial charge in [0.05, 0.1) is 5.54 Å². The summed E-state index contributed by atoms with van der Waals surface area (Å²) in [6.07, 6.45) is 0. The maximum Gasteiger partial charge on any atom is 0.149 e. The second-order valence-electron chi connectivity index (χ2n) is 2.28. The molecule has 0 radical (unpaired) electrons. The molecule has 0 fully saturated rings. The number of halogens is 1. The van der Waals surface area contributed by atoms with E-state index in [1.54, 1.807) is 13.8 Å². The van der Waals surface area contributed by atoms with Crippen LogP contribution in [0.25, 0.3) is 0 Å². The predicted octanol–water partition coefficient (Wildman–Crippen LogP) is 0.897. The zero-order valence-electron chi connectivity index (χ0n) is 6.10. The maximum absolute atomic E-state index is 10.3. The Balaban J connectivity index is -0.000000180. The highest BCUT2D eigenvalue weighted by molar-refractivity contribution is 5.85. The van der Waals surface area contributed by atoms with Crippen LogP contribution in [0.4, 0.5) is 0 Å². The van der Waals surface area contributed by atoms with Crippen molar-refractivity contribution in [2.45, 2.75) is 26.3 Å².